The van der Waals surface area contributed by atoms with E-state index < -0.39 is 11.4 Å². The van der Waals surface area contributed by atoms with E-state index in [1.807, 2.05) is 0 Å². The second kappa shape index (κ2) is 5.53. The molecule has 2 amide bonds. The highest BCUT2D eigenvalue weighted by molar-refractivity contribution is 9.10. The fraction of sp³-hybridized carbons (Fsp3) is 0.583. The molecule has 2 N–H and O–H groups in total. The van der Waals surface area contributed by atoms with Gasteiger partial charge < -0.3 is 15.4 Å². The van der Waals surface area contributed by atoms with Gasteiger partial charge in [-0.05, 0) is 28.8 Å². The van der Waals surface area contributed by atoms with Gasteiger partial charge in [0.25, 0.3) is 5.91 Å². The van der Waals surface area contributed by atoms with E-state index in [2.05, 4.69) is 21.0 Å². The van der Waals surface area contributed by atoms with Crippen LogP contribution < -0.4 is 5.73 Å². The molecule has 0 spiro atoms. The maximum Gasteiger partial charge on any atom is 0.275 e. The van der Waals surface area contributed by atoms with Gasteiger partial charge in [-0.3, -0.25) is 14.3 Å². The quantitative estimate of drug-likeness (QED) is 0.849. The van der Waals surface area contributed by atoms with Crippen molar-refractivity contribution in [1.82, 2.24) is 14.7 Å². The zero-order valence-electron chi connectivity index (χ0n) is 11.4. The molecule has 0 bridgehead atoms. The minimum Gasteiger partial charge on any atom is -0.382 e. The lowest BCUT2D eigenvalue weighted by Crippen LogP contribution is -2.58. The molecular weight excluding hydrogens is 328 g/mol. The summed E-state index contributed by atoms with van der Waals surface area (Å²) in [6.45, 7) is 0.571. The topological polar surface area (TPSA) is 90.5 Å². The first-order valence-electron chi connectivity index (χ1n) is 6.23. The van der Waals surface area contributed by atoms with Crippen molar-refractivity contribution in [3.63, 3.8) is 0 Å². The summed E-state index contributed by atoms with van der Waals surface area (Å²) in [5, 5.41) is 4.13. The monoisotopic (exact) mass is 344 g/mol. The highest BCUT2D eigenvalue weighted by atomic mass is 79.9. The third-order valence-corrected chi connectivity index (χ3v) is 4.36. The average molecular weight is 345 g/mol. The van der Waals surface area contributed by atoms with Crippen molar-refractivity contribution < 1.29 is 14.3 Å². The van der Waals surface area contributed by atoms with Gasteiger partial charge in [0, 0.05) is 26.8 Å². The molecule has 1 aromatic rings. The summed E-state index contributed by atoms with van der Waals surface area (Å²) >= 11 is 3.29. The van der Waals surface area contributed by atoms with Gasteiger partial charge in [0.2, 0.25) is 5.91 Å². The molecule has 0 aromatic carbocycles. The van der Waals surface area contributed by atoms with Crippen LogP contribution in [0.4, 0.5) is 0 Å². The Hall–Kier alpha value is -1.41. The number of nitrogens with zero attached hydrogens (tertiary/aromatic N) is 3. The zero-order chi connectivity index (χ0) is 14.9. The summed E-state index contributed by atoms with van der Waals surface area (Å²) in [7, 11) is 3.21. The molecule has 1 atom stereocenters. The van der Waals surface area contributed by atoms with Crippen LogP contribution in [0.5, 0.6) is 0 Å². The van der Waals surface area contributed by atoms with E-state index in [9.17, 15) is 9.59 Å². The number of aryl methyl sites for hydroxylation is 1. The van der Waals surface area contributed by atoms with Crippen LogP contribution in [0.1, 0.15) is 23.3 Å². The number of amides is 2. The third kappa shape index (κ3) is 2.33. The summed E-state index contributed by atoms with van der Waals surface area (Å²) in [6, 6.07) is 1.62. The molecular formula is C12H17BrN4O3. The van der Waals surface area contributed by atoms with Gasteiger partial charge in [0.05, 0.1) is 6.61 Å². The van der Waals surface area contributed by atoms with Crippen LogP contribution in [0.2, 0.25) is 0 Å². The Kier molecular flexibility index (Phi) is 4.14. The number of likely N-dealkylation sites (tertiary alicyclic amines) is 1. The minimum atomic E-state index is -1.07. The zero-order valence-corrected chi connectivity index (χ0v) is 13.0. The fourth-order valence-corrected chi connectivity index (χ4v) is 2.87. The van der Waals surface area contributed by atoms with Crippen molar-refractivity contribution in [3.8, 4) is 0 Å². The molecule has 0 saturated carbocycles. The maximum atomic E-state index is 12.6. The van der Waals surface area contributed by atoms with Crippen molar-refractivity contribution in [2.45, 2.75) is 18.4 Å². The van der Waals surface area contributed by atoms with Crippen molar-refractivity contribution in [3.05, 3.63) is 16.4 Å². The normalized spacial score (nSPS) is 22.2. The van der Waals surface area contributed by atoms with Crippen LogP contribution in [0.25, 0.3) is 0 Å². The minimum absolute atomic E-state index is 0.0993. The van der Waals surface area contributed by atoms with Gasteiger partial charge in [-0.15, -0.1) is 0 Å². The molecule has 1 aliphatic rings. The van der Waals surface area contributed by atoms with Crippen LogP contribution in [0, 0.1) is 0 Å². The number of rotatable bonds is 4. The Morgan fingerprint density at radius 3 is 2.80 bits per heavy atom. The van der Waals surface area contributed by atoms with E-state index in [4.69, 9.17) is 10.5 Å². The molecule has 2 heterocycles. The Labute approximate surface area is 125 Å². The maximum absolute atomic E-state index is 12.6. The van der Waals surface area contributed by atoms with Crippen LogP contribution >= 0.6 is 15.9 Å². The van der Waals surface area contributed by atoms with Crippen LogP contribution in [-0.2, 0) is 16.6 Å². The predicted molar refractivity (Wildman–Crippen MR) is 75.0 cm³/mol. The van der Waals surface area contributed by atoms with Gasteiger partial charge in [0.15, 0.2) is 5.69 Å². The molecule has 110 valence electrons. The summed E-state index contributed by atoms with van der Waals surface area (Å²) in [5.74, 6) is -0.847. The average Bonchev–Trinajstić information content (AvgIpc) is 2.95. The third-order valence-electron chi connectivity index (χ3n) is 3.62. The molecule has 1 fully saturated rings. The van der Waals surface area contributed by atoms with Gasteiger partial charge in [-0.1, -0.05) is 0 Å². The van der Waals surface area contributed by atoms with Crippen molar-refractivity contribution >= 4 is 27.7 Å². The SMILES string of the molecule is COCC1(C(N)=O)CCCN1C(=O)c1cc(Br)n(C)n1. The molecule has 20 heavy (non-hydrogen) atoms. The number of ether oxygens (including phenoxy) is 1. The number of halogens is 1. The highest BCUT2D eigenvalue weighted by Crippen LogP contribution is 2.31. The highest BCUT2D eigenvalue weighted by Gasteiger charge is 2.49. The van der Waals surface area contributed by atoms with Gasteiger partial charge >= 0.3 is 0 Å². The molecule has 1 aromatic heterocycles. The Morgan fingerprint density at radius 2 is 2.30 bits per heavy atom. The van der Waals surface area contributed by atoms with E-state index in [1.165, 1.54) is 12.0 Å². The van der Waals surface area contributed by atoms with Crippen molar-refractivity contribution in [2.24, 2.45) is 12.8 Å². The Balaban J connectivity index is 2.34. The molecule has 2 rings (SSSR count). The number of nitrogens with two attached hydrogens (primary N) is 1. The number of hydrogen-bond donors (Lipinski definition) is 1. The summed E-state index contributed by atoms with van der Waals surface area (Å²) in [4.78, 5) is 25.9. The van der Waals surface area contributed by atoms with E-state index in [0.717, 1.165) is 0 Å². The van der Waals surface area contributed by atoms with E-state index in [0.29, 0.717) is 24.0 Å². The number of carbonyl (C=O) groups is 2. The molecule has 1 unspecified atom stereocenters. The Bertz CT molecular complexity index is 525. The lowest BCUT2D eigenvalue weighted by molar-refractivity contribution is -0.130. The molecule has 8 heteroatoms. The van der Waals surface area contributed by atoms with Gasteiger partial charge in [-0.25, -0.2) is 0 Å². The number of hydrogen-bond acceptors (Lipinski definition) is 4. The van der Waals surface area contributed by atoms with E-state index in [1.54, 1.807) is 17.8 Å². The number of carbonyl (C=O) groups excluding carboxylic acids is 2. The van der Waals surface area contributed by atoms with Crippen molar-refractivity contribution in [2.75, 3.05) is 20.3 Å². The summed E-state index contributed by atoms with van der Waals surface area (Å²) in [6.07, 6.45) is 1.22. The second-order valence-corrected chi connectivity index (χ2v) is 5.68. The van der Waals surface area contributed by atoms with E-state index >= 15 is 0 Å². The predicted octanol–water partition coefficient (Wildman–Crippen LogP) is 0.289. The first-order valence-corrected chi connectivity index (χ1v) is 7.02. The smallest absolute Gasteiger partial charge is 0.275 e. The number of aromatic nitrogens is 2. The van der Waals surface area contributed by atoms with Crippen molar-refractivity contribution in [1.29, 1.82) is 0 Å². The van der Waals surface area contributed by atoms with E-state index in [-0.39, 0.29) is 18.2 Å². The van der Waals surface area contributed by atoms with Gasteiger partial charge in [-0.2, -0.15) is 5.10 Å². The number of methoxy groups -OCH3 is 1. The second-order valence-electron chi connectivity index (χ2n) is 4.87. The standard InChI is InChI=1S/C12H17BrN4O3/c1-16-9(13)6-8(15-16)10(18)17-5-3-4-12(17,7-20-2)11(14)19/h6H,3-5,7H2,1-2H3,(H2,14,19). The van der Waals surface area contributed by atoms with Crippen LogP contribution in [-0.4, -0.2) is 52.3 Å². The molecule has 0 aliphatic carbocycles. The fourth-order valence-electron chi connectivity index (χ4n) is 2.58. The van der Waals surface area contributed by atoms with Gasteiger partial charge in [0.1, 0.15) is 10.1 Å². The lowest BCUT2D eigenvalue weighted by atomic mass is 9.96. The summed E-state index contributed by atoms with van der Waals surface area (Å²) < 4.78 is 7.34. The molecule has 1 aliphatic heterocycles. The largest absolute Gasteiger partial charge is 0.382 e. The number of primary amides is 1. The Morgan fingerprint density at radius 1 is 1.60 bits per heavy atom. The molecule has 0 radical (unpaired) electrons. The van der Waals surface area contributed by atoms with Crippen LogP contribution in [0.3, 0.4) is 0 Å². The first kappa shape index (κ1) is 15.0. The summed E-state index contributed by atoms with van der Waals surface area (Å²) in [5.41, 5.74) is 4.72. The molecule has 7 nitrogen and oxygen atoms in total. The molecule has 1 saturated heterocycles. The van der Waals surface area contributed by atoms with Crippen LogP contribution in [0.15, 0.2) is 10.7 Å². The first-order chi connectivity index (χ1) is 9.42. The lowest BCUT2D eigenvalue weighted by Gasteiger charge is -2.34.